The minimum Gasteiger partial charge on any atom is -0.256 e. The highest BCUT2D eigenvalue weighted by molar-refractivity contribution is 6.75. The molecular formula is C26H29NSi. The fraction of sp³-hybridized carbons (Fsp3) is 0.269. The van der Waals surface area contributed by atoms with E-state index in [0.29, 0.717) is 5.92 Å². The number of rotatable bonds is 4. The van der Waals surface area contributed by atoms with Gasteiger partial charge in [0.05, 0.1) is 5.69 Å². The van der Waals surface area contributed by atoms with E-state index in [4.69, 9.17) is 4.98 Å². The van der Waals surface area contributed by atoms with Gasteiger partial charge in [-0.2, -0.15) is 0 Å². The zero-order chi connectivity index (χ0) is 19.9. The molecular weight excluding hydrogens is 354 g/mol. The number of fused-ring (bicyclic) bond motifs is 2. The molecule has 4 aromatic rings. The monoisotopic (exact) mass is 383 g/mol. The molecule has 0 spiro atoms. The van der Waals surface area contributed by atoms with Crippen molar-refractivity contribution >= 4 is 29.6 Å². The molecule has 0 radical (unpaired) electrons. The van der Waals surface area contributed by atoms with E-state index in [2.05, 4.69) is 94.2 Å². The average molecular weight is 384 g/mol. The number of hydrogen-bond donors (Lipinski definition) is 0. The van der Waals surface area contributed by atoms with E-state index in [-0.39, 0.29) is 0 Å². The lowest BCUT2D eigenvalue weighted by Gasteiger charge is -2.19. The van der Waals surface area contributed by atoms with Crippen molar-refractivity contribution in [1.29, 1.82) is 0 Å². The molecule has 0 amide bonds. The van der Waals surface area contributed by atoms with Crippen LogP contribution in [0.2, 0.25) is 19.6 Å². The highest BCUT2D eigenvalue weighted by Gasteiger charge is 2.17. The normalized spacial score (nSPS) is 12.2. The summed E-state index contributed by atoms with van der Waals surface area (Å²) in [7, 11) is -1.23. The van der Waals surface area contributed by atoms with Gasteiger partial charge in [0.2, 0.25) is 0 Å². The smallest absolute Gasteiger partial charge is 0.0780 e. The lowest BCUT2D eigenvalue weighted by Crippen LogP contribution is -2.24. The van der Waals surface area contributed by atoms with Gasteiger partial charge in [0.15, 0.2) is 0 Å². The third kappa shape index (κ3) is 3.74. The second-order valence-corrected chi connectivity index (χ2v) is 14.9. The maximum Gasteiger partial charge on any atom is 0.0780 e. The summed E-state index contributed by atoms with van der Waals surface area (Å²) in [6.07, 6.45) is 1.95. The number of hydrogen-bond acceptors (Lipinski definition) is 1. The fourth-order valence-electron chi connectivity index (χ4n) is 4.03. The molecule has 1 nitrogen and oxygen atoms in total. The van der Waals surface area contributed by atoms with Gasteiger partial charge >= 0.3 is 0 Å². The van der Waals surface area contributed by atoms with Crippen molar-refractivity contribution < 1.29 is 0 Å². The van der Waals surface area contributed by atoms with Crippen molar-refractivity contribution in [3.05, 3.63) is 78.0 Å². The maximum absolute atomic E-state index is 4.81. The first kappa shape index (κ1) is 18.9. The van der Waals surface area contributed by atoms with Crippen LogP contribution in [0.3, 0.4) is 0 Å². The Kier molecular flexibility index (Phi) is 4.84. The predicted molar refractivity (Wildman–Crippen MR) is 126 cm³/mol. The zero-order valence-electron chi connectivity index (χ0n) is 17.6. The molecule has 3 aromatic carbocycles. The van der Waals surface area contributed by atoms with Crippen molar-refractivity contribution in [3.63, 3.8) is 0 Å². The highest BCUT2D eigenvalue weighted by atomic mass is 28.3. The summed E-state index contributed by atoms with van der Waals surface area (Å²) in [5.74, 6) is 0.532. The molecule has 0 unspecified atom stereocenters. The third-order valence-electron chi connectivity index (χ3n) is 5.40. The van der Waals surface area contributed by atoms with E-state index < -0.39 is 8.07 Å². The van der Waals surface area contributed by atoms with Crippen LogP contribution in [0.15, 0.2) is 66.9 Å². The quantitative estimate of drug-likeness (QED) is 0.331. The average Bonchev–Trinajstić information content (AvgIpc) is 2.65. The van der Waals surface area contributed by atoms with E-state index in [1.165, 1.54) is 44.3 Å². The van der Waals surface area contributed by atoms with Crippen molar-refractivity contribution in [2.24, 2.45) is 0 Å². The number of benzene rings is 3. The standard InChI is InChI=1S/C26H29NSi/c1-18(2)19-10-11-25-21(14-19)12-13-27-26(25)22-15-20-8-6-7-9-24(20)23(16-22)17-28(3,4)5/h6-16,18H,17H2,1-5H3. The molecule has 0 bridgehead atoms. The second kappa shape index (κ2) is 7.18. The summed E-state index contributed by atoms with van der Waals surface area (Å²) in [5, 5.41) is 5.21. The van der Waals surface area contributed by atoms with Crippen molar-refractivity contribution in [1.82, 2.24) is 4.98 Å². The van der Waals surface area contributed by atoms with E-state index in [1.807, 2.05) is 6.20 Å². The van der Waals surface area contributed by atoms with Crippen LogP contribution in [0.5, 0.6) is 0 Å². The Morgan fingerprint density at radius 3 is 2.32 bits per heavy atom. The fourth-order valence-corrected chi connectivity index (χ4v) is 5.47. The summed E-state index contributed by atoms with van der Waals surface area (Å²) in [6.45, 7) is 11.8. The zero-order valence-corrected chi connectivity index (χ0v) is 18.6. The van der Waals surface area contributed by atoms with Crippen LogP contribution in [-0.4, -0.2) is 13.1 Å². The van der Waals surface area contributed by atoms with Gasteiger partial charge in [-0.3, -0.25) is 4.98 Å². The molecule has 0 aliphatic carbocycles. The summed E-state index contributed by atoms with van der Waals surface area (Å²) in [4.78, 5) is 4.81. The Morgan fingerprint density at radius 1 is 0.821 bits per heavy atom. The Hall–Kier alpha value is -2.45. The van der Waals surface area contributed by atoms with Crippen LogP contribution in [-0.2, 0) is 6.04 Å². The van der Waals surface area contributed by atoms with Crippen LogP contribution in [0.4, 0.5) is 0 Å². The topological polar surface area (TPSA) is 12.9 Å². The Balaban J connectivity index is 1.94. The minimum atomic E-state index is -1.23. The van der Waals surface area contributed by atoms with Crippen molar-refractivity contribution in [2.75, 3.05) is 0 Å². The van der Waals surface area contributed by atoms with Gasteiger partial charge in [0.1, 0.15) is 0 Å². The number of pyridine rings is 1. The van der Waals surface area contributed by atoms with E-state index in [1.54, 1.807) is 0 Å². The molecule has 0 aliphatic rings. The molecule has 4 rings (SSSR count). The van der Waals surface area contributed by atoms with E-state index >= 15 is 0 Å². The van der Waals surface area contributed by atoms with Gasteiger partial charge < -0.3 is 0 Å². The molecule has 1 heterocycles. The number of nitrogens with zero attached hydrogens (tertiary/aromatic N) is 1. The van der Waals surface area contributed by atoms with Crippen LogP contribution in [0, 0.1) is 0 Å². The molecule has 0 N–H and O–H groups in total. The van der Waals surface area contributed by atoms with E-state index in [0.717, 1.165) is 5.69 Å². The summed E-state index contributed by atoms with van der Waals surface area (Å²) in [6, 6.07) is 23.6. The molecule has 0 saturated carbocycles. The Labute approximate surface area is 169 Å². The van der Waals surface area contributed by atoms with Gasteiger partial charge in [-0.1, -0.05) is 76.0 Å². The molecule has 1 aromatic heterocycles. The van der Waals surface area contributed by atoms with Gasteiger partial charge in [0, 0.05) is 25.2 Å². The van der Waals surface area contributed by atoms with Crippen LogP contribution >= 0.6 is 0 Å². The molecule has 142 valence electrons. The first-order chi connectivity index (χ1) is 13.3. The molecule has 0 saturated heterocycles. The van der Waals surface area contributed by atoms with Crippen molar-refractivity contribution in [3.8, 4) is 11.3 Å². The molecule has 2 heteroatoms. The highest BCUT2D eigenvalue weighted by Crippen LogP contribution is 2.33. The first-order valence-electron chi connectivity index (χ1n) is 10.2. The SMILES string of the molecule is CC(C)c1ccc2c(-c3cc(C[Si](C)(C)C)c4ccccc4c3)nccc2c1. The summed E-state index contributed by atoms with van der Waals surface area (Å²) < 4.78 is 0. The van der Waals surface area contributed by atoms with Crippen molar-refractivity contribution in [2.45, 2.75) is 45.5 Å². The van der Waals surface area contributed by atoms with Crippen LogP contribution < -0.4 is 0 Å². The van der Waals surface area contributed by atoms with Gasteiger partial charge in [0.25, 0.3) is 0 Å². The largest absolute Gasteiger partial charge is 0.256 e. The second-order valence-electron chi connectivity index (χ2n) is 9.39. The van der Waals surface area contributed by atoms with Gasteiger partial charge in [-0.25, -0.2) is 0 Å². The van der Waals surface area contributed by atoms with Gasteiger partial charge in [-0.05, 0) is 57.4 Å². The Bertz CT molecular complexity index is 1150. The maximum atomic E-state index is 4.81. The van der Waals surface area contributed by atoms with Crippen LogP contribution in [0.25, 0.3) is 32.8 Å². The van der Waals surface area contributed by atoms with E-state index in [9.17, 15) is 0 Å². The lowest BCUT2D eigenvalue weighted by molar-refractivity contribution is 0.869. The molecule has 0 aliphatic heterocycles. The molecule has 0 atom stereocenters. The predicted octanol–water partition coefficient (Wildman–Crippen LogP) is 7.60. The number of aromatic nitrogens is 1. The summed E-state index contributed by atoms with van der Waals surface area (Å²) >= 11 is 0. The van der Waals surface area contributed by atoms with Gasteiger partial charge in [-0.15, -0.1) is 0 Å². The summed E-state index contributed by atoms with van der Waals surface area (Å²) in [5.41, 5.74) is 5.16. The third-order valence-corrected chi connectivity index (χ3v) is 6.84. The molecule has 28 heavy (non-hydrogen) atoms. The first-order valence-corrected chi connectivity index (χ1v) is 13.9. The van der Waals surface area contributed by atoms with Crippen LogP contribution in [0.1, 0.15) is 30.9 Å². The minimum absolute atomic E-state index is 0.532. The molecule has 0 fully saturated rings. The Morgan fingerprint density at radius 2 is 1.57 bits per heavy atom. The lowest BCUT2D eigenvalue weighted by atomic mass is 9.95.